The van der Waals surface area contributed by atoms with Gasteiger partial charge in [0.1, 0.15) is 0 Å². The molecular formula is C15H16N4O3S2. The number of nitrogens with zero attached hydrogens (tertiary/aromatic N) is 3. The highest BCUT2D eigenvalue weighted by molar-refractivity contribution is 7.89. The van der Waals surface area contributed by atoms with Crippen molar-refractivity contribution >= 4 is 32.4 Å². The lowest BCUT2D eigenvalue weighted by Crippen LogP contribution is -2.34. The van der Waals surface area contributed by atoms with Crippen LogP contribution in [0.4, 0.5) is 0 Å². The van der Waals surface area contributed by atoms with Gasteiger partial charge in [-0.05, 0) is 38.0 Å². The van der Waals surface area contributed by atoms with E-state index in [9.17, 15) is 13.2 Å². The molecule has 0 radical (unpaired) electrons. The van der Waals surface area contributed by atoms with E-state index in [1.807, 2.05) is 6.92 Å². The number of nitrogens with one attached hydrogen (secondary N) is 1. The van der Waals surface area contributed by atoms with Crippen molar-refractivity contribution in [3.63, 3.8) is 0 Å². The Morgan fingerprint density at radius 2 is 2.04 bits per heavy atom. The minimum absolute atomic E-state index is 0.152. The molecule has 2 heterocycles. The predicted molar refractivity (Wildman–Crippen MR) is 92.1 cm³/mol. The Labute approximate surface area is 142 Å². The number of aryl methyl sites for hydroxylation is 1. The van der Waals surface area contributed by atoms with E-state index in [1.54, 1.807) is 24.7 Å². The number of rotatable bonds is 4. The van der Waals surface area contributed by atoms with E-state index >= 15 is 0 Å². The molecule has 0 amide bonds. The summed E-state index contributed by atoms with van der Waals surface area (Å²) in [5.74, 6) is 0. The standard InChI is InChI=1S/C15H16N4O3S2/c1-15(5-6-15)17-24(21,22)10-3-4-11-12(9-10)19(14(20)18(11)2)13-16-7-8-23-13/h3-4,7-9,17H,5-6H2,1-2H3. The quantitative estimate of drug-likeness (QED) is 0.762. The van der Waals surface area contributed by atoms with Crippen LogP contribution in [0.15, 0.2) is 39.5 Å². The molecule has 1 aromatic carbocycles. The van der Waals surface area contributed by atoms with Crippen molar-refractivity contribution in [2.75, 3.05) is 0 Å². The molecule has 0 spiro atoms. The summed E-state index contributed by atoms with van der Waals surface area (Å²) in [7, 11) is -1.97. The average molecular weight is 364 g/mol. The molecule has 0 aliphatic heterocycles. The van der Waals surface area contributed by atoms with Gasteiger partial charge in [0.15, 0.2) is 5.13 Å². The minimum atomic E-state index is -3.63. The largest absolute Gasteiger partial charge is 0.335 e. The fourth-order valence-electron chi connectivity index (χ4n) is 2.67. The molecule has 24 heavy (non-hydrogen) atoms. The molecule has 1 aliphatic rings. The second-order valence-corrected chi connectivity index (χ2v) is 8.86. The van der Waals surface area contributed by atoms with Crippen LogP contribution in [0.25, 0.3) is 16.2 Å². The first-order valence-corrected chi connectivity index (χ1v) is 9.82. The molecular weight excluding hydrogens is 348 g/mol. The Morgan fingerprint density at radius 1 is 1.29 bits per heavy atom. The Kier molecular flexibility index (Phi) is 3.25. The van der Waals surface area contributed by atoms with Gasteiger partial charge in [0.2, 0.25) is 10.0 Å². The summed E-state index contributed by atoms with van der Waals surface area (Å²) in [5, 5.41) is 2.29. The lowest BCUT2D eigenvalue weighted by atomic mass is 10.3. The third-order valence-electron chi connectivity index (χ3n) is 4.33. The van der Waals surface area contributed by atoms with Crippen LogP contribution < -0.4 is 10.4 Å². The molecule has 7 nitrogen and oxygen atoms in total. The van der Waals surface area contributed by atoms with E-state index in [0.29, 0.717) is 16.2 Å². The van der Waals surface area contributed by atoms with Crippen molar-refractivity contribution in [3.8, 4) is 5.13 Å². The topological polar surface area (TPSA) is 86.0 Å². The molecule has 2 aromatic heterocycles. The number of benzene rings is 1. The van der Waals surface area contributed by atoms with Crippen LogP contribution in [0.5, 0.6) is 0 Å². The number of fused-ring (bicyclic) bond motifs is 1. The minimum Gasteiger partial charge on any atom is -0.295 e. The number of imidazole rings is 1. The fourth-order valence-corrected chi connectivity index (χ4v) is 4.81. The Morgan fingerprint density at radius 3 is 2.67 bits per heavy atom. The van der Waals surface area contributed by atoms with Crippen molar-refractivity contribution in [1.82, 2.24) is 18.8 Å². The monoisotopic (exact) mass is 364 g/mol. The van der Waals surface area contributed by atoms with Crippen LogP contribution in [-0.2, 0) is 17.1 Å². The fraction of sp³-hybridized carbons (Fsp3) is 0.333. The Bertz CT molecular complexity index is 1090. The maximum Gasteiger partial charge on any atom is 0.335 e. The van der Waals surface area contributed by atoms with Crippen LogP contribution >= 0.6 is 11.3 Å². The third-order valence-corrected chi connectivity index (χ3v) is 6.72. The first kappa shape index (κ1) is 15.6. The molecule has 1 aliphatic carbocycles. The van der Waals surface area contributed by atoms with Gasteiger partial charge >= 0.3 is 5.69 Å². The molecule has 9 heteroatoms. The van der Waals surface area contributed by atoms with Crippen LogP contribution in [0.3, 0.4) is 0 Å². The van der Waals surface area contributed by atoms with E-state index in [4.69, 9.17) is 0 Å². The summed E-state index contributed by atoms with van der Waals surface area (Å²) in [6.45, 7) is 1.89. The van der Waals surface area contributed by atoms with Gasteiger partial charge in [-0.25, -0.2) is 27.5 Å². The van der Waals surface area contributed by atoms with Crippen LogP contribution in [0.1, 0.15) is 19.8 Å². The number of hydrogen-bond acceptors (Lipinski definition) is 5. The van der Waals surface area contributed by atoms with Crippen LogP contribution in [0, 0.1) is 0 Å². The number of aromatic nitrogens is 3. The number of sulfonamides is 1. The molecule has 0 saturated heterocycles. The van der Waals surface area contributed by atoms with Gasteiger partial charge in [-0.2, -0.15) is 0 Å². The second kappa shape index (κ2) is 5.01. The highest BCUT2D eigenvalue weighted by atomic mass is 32.2. The van der Waals surface area contributed by atoms with Crippen molar-refractivity contribution < 1.29 is 8.42 Å². The Hall–Kier alpha value is -1.97. The van der Waals surface area contributed by atoms with E-state index in [-0.39, 0.29) is 16.1 Å². The van der Waals surface area contributed by atoms with Gasteiger partial charge in [0.05, 0.1) is 15.9 Å². The molecule has 3 aromatic rings. The lowest BCUT2D eigenvalue weighted by molar-refractivity contribution is 0.558. The molecule has 1 saturated carbocycles. The molecule has 126 valence electrons. The zero-order valence-corrected chi connectivity index (χ0v) is 14.8. The highest BCUT2D eigenvalue weighted by Gasteiger charge is 2.41. The van der Waals surface area contributed by atoms with Crippen molar-refractivity contribution in [2.45, 2.75) is 30.2 Å². The van der Waals surface area contributed by atoms with Gasteiger partial charge in [0, 0.05) is 24.2 Å². The Balaban J connectivity index is 1.92. The number of hydrogen-bond donors (Lipinski definition) is 1. The SMILES string of the molecule is Cn1c(=O)n(-c2nccs2)c2cc(S(=O)(=O)NC3(C)CC3)ccc21. The van der Waals surface area contributed by atoms with Crippen LogP contribution in [-0.4, -0.2) is 28.1 Å². The summed E-state index contributed by atoms with van der Waals surface area (Å²) >= 11 is 1.33. The summed E-state index contributed by atoms with van der Waals surface area (Å²) < 4.78 is 30.9. The summed E-state index contributed by atoms with van der Waals surface area (Å²) in [6, 6.07) is 4.72. The van der Waals surface area contributed by atoms with E-state index < -0.39 is 10.0 Å². The van der Waals surface area contributed by atoms with Gasteiger partial charge in [-0.15, -0.1) is 11.3 Å². The smallest absolute Gasteiger partial charge is 0.295 e. The van der Waals surface area contributed by atoms with Crippen molar-refractivity contribution in [1.29, 1.82) is 0 Å². The van der Waals surface area contributed by atoms with E-state index in [2.05, 4.69) is 9.71 Å². The normalized spacial score (nSPS) is 16.6. The second-order valence-electron chi connectivity index (χ2n) is 6.31. The average Bonchev–Trinajstić information content (AvgIpc) is 2.96. The predicted octanol–water partition coefficient (Wildman–Crippen LogP) is 1.62. The zero-order chi connectivity index (χ0) is 17.1. The van der Waals surface area contributed by atoms with Crippen LogP contribution in [0.2, 0.25) is 0 Å². The summed E-state index contributed by atoms with van der Waals surface area (Å²) in [4.78, 5) is 16.8. The van der Waals surface area contributed by atoms with Gasteiger partial charge in [-0.3, -0.25) is 4.57 Å². The lowest BCUT2D eigenvalue weighted by Gasteiger charge is -2.12. The van der Waals surface area contributed by atoms with Gasteiger partial charge in [-0.1, -0.05) is 0 Å². The molecule has 0 bridgehead atoms. The molecule has 0 atom stereocenters. The summed E-state index contributed by atoms with van der Waals surface area (Å²) in [6.07, 6.45) is 3.29. The zero-order valence-electron chi connectivity index (χ0n) is 13.2. The van der Waals surface area contributed by atoms with E-state index in [1.165, 1.54) is 32.6 Å². The van der Waals surface area contributed by atoms with E-state index in [0.717, 1.165) is 12.8 Å². The highest BCUT2D eigenvalue weighted by Crippen LogP contribution is 2.36. The first-order valence-electron chi connectivity index (χ1n) is 7.46. The summed E-state index contributed by atoms with van der Waals surface area (Å²) in [5.41, 5.74) is 0.587. The maximum atomic E-state index is 12.6. The van der Waals surface area contributed by atoms with Gasteiger partial charge < -0.3 is 0 Å². The van der Waals surface area contributed by atoms with Crippen molar-refractivity contribution in [3.05, 3.63) is 40.3 Å². The molecule has 4 rings (SSSR count). The van der Waals surface area contributed by atoms with Crippen molar-refractivity contribution in [2.24, 2.45) is 7.05 Å². The van der Waals surface area contributed by atoms with Gasteiger partial charge in [0.25, 0.3) is 0 Å². The first-order chi connectivity index (χ1) is 11.3. The molecule has 0 unspecified atom stereocenters. The maximum absolute atomic E-state index is 12.6. The third kappa shape index (κ3) is 2.40. The molecule has 1 fully saturated rings. The number of thiazole rings is 1. The molecule has 1 N–H and O–H groups in total.